The minimum absolute atomic E-state index is 0.0831. The molecule has 0 aromatic heterocycles. The van der Waals surface area contributed by atoms with Crippen molar-refractivity contribution in [3.05, 3.63) is 0 Å². The average Bonchev–Trinajstić information content (AvgIpc) is 2.33. The molecule has 0 spiro atoms. The number of ether oxygens (including phenoxy) is 1. The third-order valence-electron chi connectivity index (χ3n) is 3.13. The minimum Gasteiger partial charge on any atom is -0.481 e. The van der Waals surface area contributed by atoms with Gasteiger partial charge in [-0.15, -0.1) is 0 Å². The van der Waals surface area contributed by atoms with Crippen molar-refractivity contribution in [2.45, 2.75) is 84.2 Å². The highest BCUT2D eigenvalue weighted by Crippen LogP contribution is 2.13. The molecular formula is C15H30O3. The fourth-order valence-electron chi connectivity index (χ4n) is 1.99. The van der Waals surface area contributed by atoms with Crippen molar-refractivity contribution < 1.29 is 14.6 Å². The number of rotatable bonds is 13. The van der Waals surface area contributed by atoms with E-state index in [2.05, 4.69) is 13.8 Å². The molecule has 0 fully saturated rings. The summed E-state index contributed by atoms with van der Waals surface area (Å²) in [7, 11) is 0. The highest BCUT2D eigenvalue weighted by molar-refractivity contribution is 5.67. The summed E-state index contributed by atoms with van der Waals surface area (Å²) < 4.78 is 5.64. The van der Waals surface area contributed by atoms with Gasteiger partial charge in [-0.25, -0.2) is 0 Å². The summed E-state index contributed by atoms with van der Waals surface area (Å²) in [5.74, 6) is -0.748. The molecule has 0 aromatic carbocycles. The molecule has 1 atom stereocenters. The first-order valence-corrected chi connectivity index (χ1v) is 7.54. The molecule has 0 radical (unpaired) electrons. The number of unbranched alkanes of at least 4 members (excludes halogenated alkanes) is 6. The third kappa shape index (κ3) is 11.9. The Kier molecular flexibility index (Phi) is 12.5. The van der Waals surface area contributed by atoms with E-state index in [4.69, 9.17) is 9.84 Å². The van der Waals surface area contributed by atoms with Crippen molar-refractivity contribution in [2.75, 3.05) is 6.61 Å². The number of carbonyl (C=O) groups is 1. The first-order chi connectivity index (χ1) is 8.70. The lowest BCUT2D eigenvalue weighted by atomic mass is 10.1. The summed E-state index contributed by atoms with van der Waals surface area (Å²) in [5.41, 5.74) is 0. The maximum absolute atomic E-state index is 10.7. The summed E-state index contributed by atoms with van der Waals surface area (Å²) >= 11 is 0. The van der Waals surface area contributed by atoms with E-state index in [-0.39, 0.29) is 12.5 Å². The fourth-order valence-corrected chi connectivity index (χ4v) is 1.99. The van der Waals surface area contributed by atoms with Crippen molar-refractivity contribution >= 4 is 5.97 Å². The van der Waals surface area contributed by atoms with Crippen LogP contribution >= 0.6 is 0 Å². The molecule has 0 saturated carbocycles. The van der Waals surface area contributed by atoms with Crippen molar-refractivity contribution in [2.24, 2.45) is 0 Å². The van der Waals surface area contributed by atoms with E-state index in [0.717, 1.165) is 25.7 Å². The summed E-state index contributed by atoms with van der Waals surface area (Å²) in [4.78, 5) is 10.7. The van der Waals surface area contributed by atoms with Gasteiger partial charge < -0.3 is 9.84 Å². The summed E-state index contributed by atoms with van der Waals surface area (Å²) in [6.07, 6.45) is 10.5. The van der Waals surface area contributed by atoms with E-state index in [0.29, 0.717) is 6.61 Å². The fraction of sp³-hybridized carbons (Fsp3) is 0.933. The monoisotopic (exact) mass is 258 g/mol. The lowest BCUT2D eigenvalue weighted by molar-refractivity contribution is -0.140. The zero-order valence-electron chi connectivity index (χ0n) is 12.1. The molecule has 0 aliphatic carbocycles. The van der Waals surface area contributed by atoms with E-state index in [9.17, 15) is 4.79 Å². The summed E-state index contributed by atoms with van der Waals surface area (Å²) in [6, 6.07) is 0. The van der Waals surface area contributed by atoms with Gasteiger partial charge in [0.05, 0.1) is 12.5 Å². The van der Waals surface area contributed by atoms with Crippen molar-refractivity contribution in [1.29, 1.82) is 0 Å². The van der Waals surface area contributed by atoms with Crippen LogP contribution in [-0.2, 0) is 9.53 Å². The molecule has 0 heterocycles. The van der Waals surface area contributed by atoms with Gasteiger partial charge in [0, 0.05) is 6.61 Å². The van der Waals surface area contributed by atoms with Crippen LogP contribution in [0.4, 0.5) is 0 Å². The van der Waals surface area contributed by atoms with E-state index >= 15 is 0 Å². The van der Waals surface area contributed by atoms with Crippen LogP contribution < -0.4 is 0 Å². The molecule has 108 valence electrons. The Labute approximate surface area is 112 Å². The lowest BCUT2D eigenvalue weighted by Gasteiger charge is -2.15. The Morgan fingerprint density at radius 3 is 2.22 bits per heavy atom. The summed E-state index contributed by atoms with van der Waals surface area (Å²) in [5, 5.41) is 8.83. The molecule has 1 unspecified atom stereocenters. The molecule has 18 heavy (non-hydrogen) atoms. The van der Waals surface area contributed by atoms with Crippen LogP contribution in [0.2, 0.25) is 0 Å². The van der Waals surface area contributed by atoms with Crippen LogP contribution in [0, 0.1) is 0 Å². The molecule has 0 rings (SSSR count). The van der Waals surface area contributed by atoms with Gasteiger partial charge in [0.1, 0.15) is 0 Å². The molecule has 1 N–H and O–H groups in total. The van der Waals surface area contributed by atoms with Gasteiger partial charge in [-0.3, -0.25) is 4.79 Å². The van der Waals surface area contributed by atoms with Crippen molar-refractivity contribution in [3.63, 3.8) is 0 Å². The first kappa shape index (κ1) is 17.4. The van der Waals surface area contributed by atoms with Gasteiger partial charge in [0.2, 0.25) is 0 Å². The molecular weight excluding hydrogens is 228 g/mol. The molecule has 0 aliphatic heterocycles. The van der Waals surface area contributed by atoms with Gasteiger partial charge >= 0.3 is 5.97 Å². The standard InChI is InChI=1S/C15H30O3/c1-3-5-7-8-9-10-11-14(13-15(16)17)18-12-6-4-2/h14H,3-13H2,1-2H3,(H,16,17). The number of aliphatic carboxylic acids is 1. The molecule has 0 aliphatic rings. The second-order valence-electron chi connectivity index (χ2n) is 5.00. The Bertz CT molecular complexity index is 192. The van der Waals surface area contributed by atoms with Crippen molar-refractivity contribution in [3.8, 4) is 0 Å². The van der Waals surface area contributed by atoms with Gasteiger partial charge in [0.15, 0.2) is 0 Å². The summed E-state index contributed by atoms with van der Waals surface area (Å²) in [6.45, 7) is 5.03. The molecule has 0 bridgehead atoms. The average molecular weight is 258 g/mol. The van der Waals surface area contributed by atoms with Gasteiger partial charge in [-0.1, -0.05) is 58.8 Å². The van der Waals surface area contributed by atoms with E-state index in [1.165, 1.54) is 32.1 Å². The lowest BCUT2D eigenvalue weighted by Crippen LogP contribution is -2.18. The Morgan fingerprint density at radius 1 is 1.00 bits per heavy atom. The second-order valence-corrected chi connectivity index (χ2v) is 5.00. The number of hydrogen-bond acceptors (Lipinski definition) is 2. The SMILES string of the molecule is CCCCCCCCC(CC(=O)O)OCCCC. The van der Waals surface area contributed by atoms with E-state index in [1.54, 1.807) is 0 Å². The van der Waals surface area contributed by atoms with Crippen LogP contribution in [0.25, 0.3) is 0 Å². The smallest absolute Gasteiger partial charge is 0.305 e. The number of carboxylic acids is 1. The highest BCUT2D eigenvalue weighted by atomic mass is 16.5. The Hall–Kier alpha value is -0.570. The zero-order valence-corrected chi connectivity index (χ0v) is 12.1. The normalized spacial score (nSPS) is 12.6. The molecule has 0 amide bonds. The molecule has 0 saturated heterocycles. The van der Waals surface area contributed by atoms with E-state index < -0.39 is 5.97 Å². The molecule has 3 nitrogen and oxygen atoms in total. The number of hydrogen-bond donors (Lipinski definition) is 1. The van der Waals surface area contributed by atoms with Crippen LogP contribution in [0.1, 0.15) is 78.1 Å². The minimum atomic E-state index is -0.748. The molecule has 0 aromatic rings. The highest BCUT2D eigenvalue weighted by Gasteiger charge is 2.13. The predicted octanol–water partition coefficient (Wildman–Crippen LogP) is 4.40. The second kappa shape index (κ2) is 12.9. The van der Waals surface area contributed by atoms with Crippen LogP contribution in [0.15, 0.2) is 0 Å². The quantitative estimate of drug-likeness (QED) is 0.498. The third-order valence-corrected chi connectivity index (χ3v) is 3.13. The first-order valence-electron chi connectivity index (χ1n) is 7.54. The van der Waals surface area contributed by atoms with Crippen LogP contribution in [-0.4, -0.2) is 23.8 Å². The predicted molar refractivity (Wildman–Crippen MR) is 74.9 cm³/mol. The van der Waals surface area contributed by atoms with Gasteiger partial charge in [0.25, 0.3) is 0 Å². The Morgan fingerprint density at radius 2 is 1.61 bits per heavy atom. The maximum atomic E-state index is 10.7. The molecule has 3 heteroatoms. The largest absolute Gasteiger partial charge is 0.481 e. The maximum Gasteiger partial charge on any atom is 0.305 e. The van der Waals surface area contributed by atoms with Crippen molar-refractivity contribution in [1.82, 2.24) is 0 Å². The van der Waals surface area contributed by atoms with E-state index in [1.807, 2.05) is 0 Å². The Balaban J connectivity index is 3.61. The van der Waals surface area contributed by atoms with Gasteiger partial charge in [-0.2, -0.15) is 0 Å². The topological polar surface area (TPSA) is 46.5 Å². The van der Waals surface area contributed by atoms with Crippen LogP contribution in [0.3, 0.4) is 0 Å². The zero-order chi connectivity index (χ0) is 13.6. The number of carboxylic acid groups (broad SMARTS) is 1. The van der Waals surface area contributed by atoms with Gasteiger partial charge in [-0.05, 0) is 12.8 Å². The van der Waals surface area contributed by atoms with Crippen LogP contribution in [0.5, 0.6) is 0 Å².